The van der Waals surface area contributed by atoms with Gasteiger partial charge >= 0.3 is 10.3 Å². The van der Waals surface area contributed by atoms with Gasteiger partial charge in [-0.2, -0.15) is 13.6 Å². The van der Waals surface area contributed by atoms with Crippen LogP contribution in [0.5, 0.6) is 5.75 Å². The van der Waals surface area contributed by atoms with Crippen LogP contribution in [-0.4, -0.2) is 14.2 Å². The number of benzene rings is 2. The molecular formula is C14H13NO4S. The molecule has 0 bridgehead atoms. The number of rotatable bonds is 4. The summed E-state index contributed by atoms with van der Waals surface area (Å²) in [5, 5.41) is 4.78. The van der Waals surface area contributed by atoms with Crippen LogP contribution in [0.3, 0.4) is 0 Å². The molecule has 2 aromatic carbocycles. The van der Waals surface area contributed by atoms with E-state index in [1.165, 1.54) is 19.1 Å². The Morgan fingerprint density at radius 2 is 1.40 bits per heavy atom. The highest BCUT2D eigenvalue weighted by molar-refractivity contribution is 7.84. The molecule has 0 atom stereocenters. The van der Waals surface area contributed by atoms with Crippen molar-refractivity contribution >= 4 is 16.1 Å². The summed E-state index contributed by atoms with van der Waals surface area (Å²) < 4.78 is 26.1. The fraction of sp³-hybridized carbons (Fsp3) is 0.0714. The number of carbonyl (C=O) groups is 1. The van der Waals surface area contributed by atoms with E-state index < -0.39 is 10.3 Å². The third-order valence-electron chi connectivity index (χ3n) is 2.69. The van der Waals surface area contributed by atoms with Crippen LogP contribution >= 0.6 is 0 Å². The molecule has 0 spiro atoms. The van der Waals surface area contributed by atoms with Crippen LogP contribution in [0.4, 0.5) is 0 Å². The molecule has 0 fully saturated rings. The Kier molecular flexibility index (Phi) is 3.87. The first-order valence-corrected chi connectivity index (χ1v) is 7.26. The Morgan fingerprint density at radius 1 is 0.950 bits per heavy atom. The van der Waals surface area contributed by atoms with Crippen LogP contribution in [0.1, 0.15) is 17.3 Å². The van der Waals surface area contributed by atoms with Crippen LogP contribution < -0.4 is 9.32 Å². The maximum absolute atomic E-state index is 11.2. The second-order valence-corrected chi connectivity index (χ2v) is 5.39. The van der Waals surface area contributed by atoms with Crippen LogP contribution in [0.2, 0.25) is 0 Å². The first-order chi connectivity index (χ1) is 9.35. The maximum Gasteiger partial charge on any atom is 0.380 e. The predicted octanol–water partition coefficient (Wildman–Crippen LogP) is 2.14. The van der Waals surface area contributed by atoms with E-state index in [1.54, 1.807) is 24.3 Å². The summed E-state index contributed by atoms with van der Waals surface area (Å²) >= 11 is 0. The van der Waals surface area contributed by atoms with Gasteiger partial charge < -0.3 is 4.18 Å². The smallest absolute Gasteiger partial charge is 0.371 e. The molecule has 5 nitrogen and oxygen atoms in total. The van der Waals surface area contributed by atoms with Crippen molar-refractivity contribution in [1.29, 1.82) is 0 Å². The highest BCUT2D eigenvalue weighted by Gasteiger charge is 2.05. The van der Waals surface area contributed by atoms with Crippen LogP contribution in [0.15, 0.2) is 48.5 Å². The summed E-state index contributed by atoms with van der Waals surface area (Å²) in [6.07, 6.45) is 0. The van der Waals surface area contributed by atoms with Gasteiger partial charge in [0.15, 0.2) is 5.78 Å². The molecule has 0 aliphatic rings. The van der Waals surface area contributed by atoms with E-state index in [1.807, 2.05) is 12.1 Å². The molecule has 0 saturated carbocycles. The van der Waals surface area contributed by atoms with E-state index in [-0.39, 0.29) is 11.5 Å². The third-order valence-corrected chi connectivity index (χ3v) is 3.12. The Balaban J connectivity index is 2.23. The molecule has 0 amide bonds. The molecule has 0 saturated heterocycles. The zero-order chi connectivity index (χ0) is 14.8. The first kappa shape index (κ1) is 14.2. The van der Waals surface area contributed by atoms with Gasteiger partial charge in [-0.25, -0.2) is 0 Å². The third kappa shape index (κ3) is 3.66. The zero-order valence-electron chi connectivity index (χ0n) is 10.7. The minimum atomic E-state index is -4.01. The number of carbonyl (C=O) groups excluding carboxylic acids is 1. The zero-order valence-corrected chi connectivity index (χ0v) is 11.6. The van der Waals surface area contributed by atoms with Crippen molar-refractivity contribution in [2.24, 2.45) is 5.14 Å². The van der Waals surface area contributed by atoms with Crippen molar-refractivity contribution in [1.82, 2.24) is 0 Å². The number of hydrogen-bond donors (Lipinski definition) is 1. The van der Waals surface area contributed by atoms with Crippen molar-refractivity contribution in [3.8, 4) is 16.9 Å². The van der Waals surface area contributed by atoms with Crippen molar-refractivity contribution in [3.63, 3.8) is 0 Å². The minimum absolute atomic E-state index is 0.00782. The summed E-state index contributed by atoms with van der Waals surface area (Å²) in [5.74, 6) is 0.157. The summed E-state index contributed by atoms with van der Waals surface area (Å²) in [7, 11) is -4.01. The lowest BCUT2D eigenvalue weighted by molar-refractivity contribution is 0.101. The Morgan fingerprint density at radius 3 is 1.80 bits per heavy atom. The van der Waals surface area contributed by atoms with Crippen molar-refractivity contribution in [2.45, 2.75) is 6.92 Å². The van der Waals surface area contributed by atoms with Crippen LogP contribution in [0.25, 0.3) is 11.1 Å². The van der Waals surface area contributed by atoms with Crippen molar-refractivity contribution in [3.05, 3.63) is 54.1 Å². The summed E-state index contributed by atoms with van der Waals surface area (Å²) in [5.41, 5.74) is 2.43. The molecule has 0 radical (unpaired) electrons. The molecule has 0 heterocycles. The fourth-order valence-corrected chi connectivity index (χ4v) is 2.11. The topological polar surface area (TPSA) is 86.5 Å². The summed E-state index contributed by atoms with van der Waals surface area (Å²) in [6.45, 7) is 1.51. The Labute approximate surface area is 117 Å². The number of nitrogens with two attached hydrogens (primary N) is 1. The van der Waals surface area contributed by atoms with Gasteiger partial charge in [0.2, 0.25) is 0 Å². The Bertz CT molecular complexity index is 719. The number of Topliss-reactive ketones (excluding diaryl/α,β-unsaturated/α-hetero) is 1. The molecule has 2 rings (SSSR count). The molecule has 0 unspecified atom stereocenters. The number of ketones is 1. The second-order valence-electron chi connectivity index (χ2n) is 4.23. The molecule has 6 heteroatoms. The van der Waals surface area contributed by atoms with E-state index in [9.17, 15) is 13.2 Å². The van der Waals surface area contributed by atoms with Gasteiger partial charge in [0.1, 0.15) is 5.75 Å². The van der Waals surface area contributed by atoms with E-state index >= 15 is 0 Å². The lowest BCUT2D eigenvalue weighted by Crippen LogP contribution is -2.18. The molecule has 0 aliphatic heterocycles. The van der Waals surface area contributed by atoms with Crippen LogP contribution in [-0.2, 0) is 10.3 Å². The molecule has 0 aromatic heterocycles. The van der Waals surface area contributed by atoms with Gasteiger partial charge in [0.25, 0.3) is 0 Å². The predicted molar refractivity (Wildman–Crippen MR) is 75.6 cm³/mol. The van der Waals surface area contributed by atoms with Gasteiger partial charge in [0.05, 0.1) is 0 Å². The largest absolute Gasteiger partial charge is 0.380 e. The van der Waals surface area contributed by atoms with E-state index in [0.29, 0.717) is 5.56 Å². The van der Waals surface area contributed by atoms with E-state index in [2.05, 4.69) is 4.18 Å². The normalized spacial score (nSPS) is 11.1. The molecule has 104 valence electrons. The first-order valence-electron chi connectivity index (χ1n) is 5.79. The molecular weight excluding hydrogens is 278 g/mol. The average Bonchev–Trinajstić information content (AvgIpc) is 2.38. The van der Waals surface area contributed by atoms with E-state index in [4.69, 9.17) is 5.14 Å². The second kappa shape index (κ2) is 5.44. The highest BCUT2D eigenvalue weighted by Crippen LogP contribution is 2.23. The molecule has 2 N–H and O–H groups in total. The molecule has 0 aliphatic carbocycles. The fourth-order valence-electron chi connectivity index (χ4n) is 1.73. The highest BCUT2D eigenvalue weighted by atomic mass is 32.2. The lowest BCUT2D eigenvalue weighted by Gasteiger charge is -2.05. The molecule has 2 aromatic rings. The standard InChI is InChI=1S/C14H13NO4S/c1-10(16)11-2-4-12(5-3-11)13-6-8-14(9-7-13)19-20(15,17)18/h2-9H,1H3,(H2,15,17,18). The molecule has 20 heavy (non-hydrogen) atoms. The van der Waals surface area contributed by atoms with Gasteiger partial charge in [-0.15, -0.1) is 0 Å². The summed E-state index contributed by atoms with van der Waals surface area (Å²) in [4.78, 5) is 11.2. The van der Waals surface area contributed by atoms with Crippen molar-refractivity contribution < 1.29 is 17.4 Å². The SMILES string of the molecule is CC(=O)c1ccc(-c2ccc(OS(N)(=O)=O)cc2)cc1. The average molecular weight is 291 g/mol. The maximum atomic E-state index is 11.2. The summed E-state index contributed by atoms with van der Waals surface area (Å²) in [6, 6.07) is 13.6. The minimum Gasteiger partial charge on any atom is -0.371 e. The monoisotopic (exact) mass is 291 g/mol. The van der Waals surface area contributed by atoms with Gasteiger partial charge in [-0.1, -0.05) is 36.4 Å². The lowest BCUT2D eigenvalue weighted by atomic mass is 10.0. The van der Waals surface area contributed by atoms with E-state index in [0.717, 1.165) is 11.1 Å². The van der Waals surface area contributed by atoms with Gasteiger partial charge in [-0.3, -0.25) is 4.79 Å². The van der Waals surface area contributed by atoms with Crippen LogP contribution in [0, 0.1) is 0 Å². The Hall–Kier alpha value is -2.18. The van der Waals surface area contributed by atoms with Crippen molar-refractivity contribution in [2.75, 3.05) is 0 Å². The van der Waals surface area contributed by atoms with Gasteiger partial charge in [-0.05, 0) is 30.2 Å². The quantitative estimate of drug-likeness (QED) is 0.874. The van der Waals surface area contributed by atoms with Gasteiger partial charge in [0, 0.05) is 5.56 Å². The number of hydrogen-bond acceptors (Lipinski definition) is 4.